The number of hydrogen-bond acceptors (Lipinski definition) is 3. The first kappa shape index (κ1) is 13.3. The lowest BCUT2D eigenvalue weighted by atomic mass is 10.2. The van der Waals surface area contributed by atoms with Crippen molar-refractivity contribution in [1.82, 2.24) is 14.5 Å². The van der Waals surface area contributed by atoms with Gasteiger partial charge in [0, 0.05) is 15.1 Å². The zero-order chi connectivity index (χ0) is 13.4. The molecule has 0 bridgehead atoms. The van der Waals surface area contributed by atoms with Gasteiger partial charge in [-0.2, -0.15) is 0 Å². The summed E-state index contributed by atoms with van der Waals surface area (Å²) in [6.07, 6.45) is 2.82. The molecule has 19 heavy (non-hydrogen) atoms. The monoisotopic (exact) mass is 401 g/mol. The Hall–Kier alpha value is -0.730. The van der Waals surface area contributed by atoms with Crippen molar-refractivity contribution in [2.45, 2.75) is 19.4 Å². The van der Waals surface area contributed by atoms with Crippen LogP contribution in [0.5, 0.6) is 0 Å². The molecule has 1 unspecified atom stereocenters. The van der Waals surface area contributed by atoms with Crippen molar-refractivity contribution in [3.63, 3.8) is 0 Å². The Kier molecular flexibility index (Phi) is 3.72. The molecule has 3 rings (SSSR count). The number of nitrogens with one attached hydrogen (secondary N) is 1. The molecule has 0 spiro atoms. The van der Waals surface area contributed by atoms with Gasteiger partial charge in [0.1, 0.15) is 5.01 Å². The highest BCUT2D eigenvalue weighted by molar-refractivity contribution is 14.1. The number of thiazole rings is 1. The smallest absolute Gasteiger partial charge is 0.178 e. The van der Waals surface area contributed by atoms with Crippen LogP contribution in [0.15, 0.2) is 29.8 Å². The minimum Gasteiger partial charge on any atom is -0.331 e. The molecule has 0 aliphatic rings. The van der Waals surface area contributed by atoms with E-state index in [0.29, 0.717) is 0 Å². The van der Waals surface area contributed by atoms with Gasteiger partial charge in [-0.25, -0.2) is 4.98 Å². The third-order valence-corrected chi connectivity index (χ3v) is 4.96. The van der Waals surface area contributed by atoms with Gasteiger partial charge in [-0.15, -0.1) is 11.3 Å². The molecular weight excluding hydrogens is 389 g/mol. The van der Waals surface area contributed by atoms with Crippen LogP contribution in [0, 0.1) is 8.34 Å². The number of rotatable bonds is 3. The van der Waals surface area contributed by atoms with E-state index in [2.05, 4.69) is 62.2 Å². The van der Waals surface area contributed by atoms with E-state index in [1.807, 2.05) is 11.6 Å². The largest absolute Gasteiger partial charge is 0.331 e. The van der Waals surface area contributed by atoms with Gasteiger partial charge >= 0.3 is 0 Å². The van der Waals surface area contributed by atoms with Gasteiger partial charge in [0.25, 0.3) is 0 Å². The van der Waals surface area contributed by atoms with E-state index >= 15 is 0 Å². The molecule has 1 aromatic carbocycles. The lowest BCUT2D eigenvalue weighted by Crippen LogP contribution is -2.09. The van der Waals surface area contributed by atoms with Crippen molar-refractivity contribution in [1.29, 1.82) is 0 Å². The second kappa shape index (κ2) is 5.34. The fraction of sp³-hybridized carbons (Fsp3) is 0.231. The number of benzene rings is 1. The predicted octanol–water partition coefficient (Wildman–Crippen LogP) is 4.76. The maximum Gasteiger partial charge on any atom is 0.178 e. The average molecular weight is 401 g/mol. The van der Waals surface area contributed by atoms with E-state index in [-0.39, 0.29) is 6.04 Å². The van der Waals surface area contributed by atoms with E-state index in [1.54, 1.807) is 11.3 Å². The molecule has 0 radical (unpaired) electrons. The Labute approximate surface area is 133 Å². The van der Waals surface area contributed by atoms with E-state index < -0.39 is 0 Å². The van der Waals surface area contributed by atoms with E-state index in [9.17, 15) is 0 Å². The first-order valence-corrected chi connectivity index (χ1v) is 8.36. The van der Waals surface area contributed by atoms with Crippen LogP contribution < -0.4 is 0 Å². The number of halogens is 1. The summed E-state index contributed by atoms with van der Waals surface area (Å²) in [7, 11) is 0. The molecule has 6 heteroatoms. The van der Waals surface area contributed by atoms with Crippen LogP contribution >= 0.6 is 46.1 Å². The van der Waals surface area contributed by atoms with Crippen LogP contribution in [-0.4, -0.2) is 14.5 Å². The van der Waals surface area contributed by atoms with Crippen LogP contribution in [-0.2, 0) is 0 Å². The number of aromatic amines is 1. The molecule has 3 aromatic rings. The standard InChI is InChI=1S/C13H12IN3S2/c1-2-10(12-15-5-6-19-12)17-11-4-3-8(14)7-9(11)16-13(17)18/h3-7,10H,2H2,1H3,(H,16,18). The molecule has 0 aliphatic carbocycles. The Balaban J connectivity index is 2.24. The molecule has 98 valence electrons. The fourth-order valence-electron chi connectivity index (χ4n) is 2.28. The number of nitrogens with zero attached hydrogens (tertiary/aromatic N) is 2. The molecule has 2 heterocycles. The molecule has 0 amide bonds. The Morgan fingerprint density at radius 1 is 1.53 bits per heavy atom. The maximum atomic E-state index is 5.49. The molecule has 1 atom stereocenters. The van der Waals surface area contributed by atoms with Gasteiger partial charge in [-0.05, 0) is 59.4 Å². The summed E-state index contributed by atoms with van der Waals surface area (Å²) < 4.78 is 4.15. The number of fused-ring (bicyclic) bond motifs is 1. The third-order valence-electron chi connectivity index (χ3n) is 3.11. The van der Waals surface area contributed by atoms with E-state index in [1.165, 1.54) is 3.57 Å². The summed E-state index contributed by atoms with van der Waals surface area (Å²) in [4.78, 5) is 7.74. The van der Waals surface area contributed by atoms with Gasteiger partial charge in [-0.3, -0.25) is 0 Å². The van der Waals surface area contributed by atoms with Gasteiger partial charge in [0.15, 0.2) is 4.77 Å². The number of hydrogen-bond donors (Lipinski definition) is 1. The van der Waals surface area contributed by atoms with Crippen molar-refractivity contribution < 1.29 is 0 Å². The summed E-state index contributed by atoms with van der Waals surface area (Å²) in [5.74, 6) is 0. The predicted molar refractivity (Wildman–Crippen MR) is 90.4 cm³/mol. The lowest BCUT2D eigenvalue weighted by Gasteiger charge is -2.15. The molecule has 0 aliphatic heterocycles. The normalized spacial score (nSPS) is 12.9. The molecule has 3 nitrogen and oxygen atoms in total. The summed E-state index contributed by atoms with van der Waals surface area (Å²) in [5.41, 5.74) is 2.24. The minimum atomic E-state index is 0.210. The van der Waals surface area contributed by atoms with Crippen LogP contribution in [0.25, 0.3) is 11.0 Å². The molecule has 2 aromatic heterocycles. The molecule has 1 N–H and O–H groups in total. The van der Waals surface area contributed by atoms with Crippen LogP contribution in [0.1, 0.15) is 24.4 Å². The van der Waals surface area contributed by atoms with Crippen LogP contribution in [0.4, 0.5) is 0 Å². The van der Waals surface area contributed by atoms with Crippen molar-refractivity contribution in [3.05, 3.63) is 43.1 Å². The molecular formula is C13H12IN3S2. The highest BCUT2D eigenvalue weighted by Crippen LogP contribution is 2.29. The highest BCUT2D eigenvalue weighted by Gasteiger charge is 2.18. The Bertz CT molecular complexity index is 758. The topological polar surface area (TPSA) is 33.6 Å². The van der Waals surface area contributed by atoms with Gasteiger partial charge in [0.05, 0.1) is 17.1 Å². The van der Waals surface area contributed by atoms with Crippen molar-refractivity contribution in [2.24, 2.45) is 0 Å². The second-order valence-electron chi connectivity index (χ2n) is 4.26. The quantitative estimate of drug-likeness (QED) is 0.507. The SMILES string of the molecule is CCC(c1nccs1)n1c(=S)[nH]c2cc(I)ccc21. The van der Waals surface area contributed by atoms with Gasteiger partial charge in [-0.1, -0.05) is 6.92 Å². The van der Waals surface area contributed by atoms with Crippen LogP contribution in [0.3, 0.4) is 0 Å². The van der Waals surface area contributed by atoms with Crippen molar-refractivity contribution in [2.75, 3.05) is 0 Å². The van der Waals surface area contributed by atoms with Crippen molar-refractivity contribution in [3.8, 4) is 0 Å². The van der Waals surface area contributed by atoms with E-state index in [0.717, 1.165) is 27.2 Å². The van der Waals surface area contributed by atoms with Gasteiger partial charge in [0.2, 0.25) is 0 Å². The van der Waals surface area contributed by atoms with E-state index in [4.69, 9.17) is 12.2 Å². The lowest BCUT2D eigenvalue weighted by molar-refractivity contribution is 0.572. The summed E-state index contributed by atoms with van der Waals surface area (Å²) >= 11 is 9.49. The summed E-state index contributed by atoms with van der Waals surface area (Å²) in [6, 6.07) is 6.56. The van der Waals surface area contributed by atoms with Gasteiger partial charge < -0.3 is 9.55 Å². The van der Waals surface area contributed by atoms with Crippen molar-refractivity contribution >= 4 is 57.2 Å². The highest BCUT2D eigenvalue weighted by atomic mass is 127. The minimum absolute atomic E-state index is 0.210. The fourth-order valence-corrected chi connectivity index (χ4v) is 3.92. The first-order chi connectivity index (χ1) is 9.20. The number of H-pyrrole nitrogens is 1. The Morgan fingerprint density at radius 3 is 3.05 bits per heavy atom. The third kappa shape index (κ3) is 2.36. The Morgan fingerprint density at radius 2 is 2.37 bits per heavy atom. The molecule has 0 saturated carbocycles. The maximum absolute atomic E-state index is 5.49. The summed E-state index contributed by atoms with van der Waals surface area (Å²) in [6.45, 7) is 2.17. The zero-order valence-electron chi connectivity index (χ0n) is 10.3. The zero-order valence-corrected chi connectivity index (χ0v) is 14.1. The average Bonchev–Trinajstić information content (AvgIpc) is 2.99. The second-order valence-corrected chi connectivity index (χ2v) is 6.81. The number of aromatic nitrogens is 3. The summed E-state index contributed by atoms with van der Waals surface area (Å²) in [5, 5.41) is 3.12. The molecule has 0 fully saturated rings. The number of imidazole rings is 1. The first-order valence-electron chi connectivity index (χ1n) is 6.00. The van der Waals surface area contributed by atoms with Crippen LogP contribution in [0.2, 0.25) is 0 Å². The molecule has 0 saturated heterocycles.